The van der Waals surface area contributed by atoms with Crippen molar-refractivity contribution in [2.75, 3.05) is 18.8 Å². The first-order valence-corrected chi connectivity index (χ1v) is 10.0. The first-order valence-electron chi connectivity index (χ1n) is 9.03. The Bertz CT molecular complexity index is 720. The zero-order valence-corrected chi connectivity index (χ0v) is 15.9. The summed E-state index contributed by atoms with van der Waals surface area (Å²) < 4.78 is 1.98. The molecular formula is C19H26N4OS. The predicted octanol–water partition coefficient (Wildman–Crippen LogP) is 3.77. The summed E-state index contributed by atoms with van der Waals surface area (Å²) in [6.45, 7) is 5.94. The van der Waals surface area contributed by atoms with Gasteiger partial charge >= 0.3 is 0 Å². The summed E-state index contributed by atoms with van der Waals surface area (Å²) in [4.78, 5) is 14.6. The first-order chi connectivity index (χ1) is 12.1. The normalized spacial score (nSPS) is 15.7. The molecule has 0 spiro atoms. The highest BCUT2D eigenvalue weighted by Gasteiger charge is 2.17. The number of aryl methyl sites for hydroxylation is 2. The van der Waals surface area contributed by atoms with Crippen molar-refractivity contribution in [2.24, 2.45) is 0 Å². The van der Waals surface area contributed by atoms with Gasteiger partial charge < -0.3 is 4.90 Å². The maximum atomic E-state index is 12.6. The second-order valence-corrected chi connectivity index (χ2v) is 7.65. The van der Waals surface area contributed by atoms with Crippen molar-refractivity contribution in [3.05, 3.63) is 35.7 Å². The van der Waals surface area contributed by atoms with Crippen LogP contribution in [0, 0.1) is 13.8 Å². The fourth-order valence-corrected chi connectivity index (χ4v) is 4.01. The van der Waals surface area contributed by atoms with Crippen molar-refractivity contribution in [1.29, 1.82) is 0 Å². The van der Waals surface area contributed by atoms with Crippen LogP contribution < -0.4 is 0 Å². The number of carbonyl (C=O) groups is 1. The predicted molar refractivity (Wildman–Crippen MR) is 101 cm³/mol. The molecule has 1 aromatic heterocycles. The van der Waals surface area contributed by atoms with Gasteiger partial charge in [0.1, 0.15) is 6.33 Å². The molecule has 1 aliphatic heterocycles. The lowest BCUT2D eigenvalue weighted by atomic mass is 10.1. The van der Waals surface area contributed by atoms with E-state index in [9.17, 15) is 4.79 Å². The third-order valence-electron chi connectivity index (χ3n) is 4.67. The topological polar surface area (TPSA) is 51.0 Å². The van der Waals surface area contributed by atoms with Crippen LogP contribution in [0.2, 0.25) is 0 Å². The molecule has 5 nitrogen and oxygen atoms in total. The third-order valence-corrected chi connectivity index (χ3v) is 5.60. The molecule has 3 rings (SSSR count). The second kappa shape index (κ2) is 8.52. The first kappa shape index (κ1) is 18.0. The van der Waals surface area contributed by atoms with Crippen molar-refractivity contribution in [3.63, 3.8) is 0 Å². The van der Waals surface area contributed by atoms with E-state index in [1.807, 2.05) is 9.47 Å². The van der Waals surface area contributed by atoms with E-state index in [1.54, 1.807) is 6.33 Å². The Balaban J connectivity index is 1.67. The van der Waals surface area contributed by atoms with Crippen molar-refractivity contribution in [2.45, 2.75) is 51.1 Å². The Hall–Kier alpha value is -1.82. The molecular weight excluding hydrogens is 332 g/mol. The van der Waals surface area contributed by atoms with Crippen LogP contribution in [0.5, 0.6) is 0 Å². The number of likely N-dealkylation sites (tertiary alicyclic amines) is 1. The molecule has 2 heterocycles. The van der Waals surface area contributed by atoms with Crippen molar-refractivity contribution in [3.8, 4) is 5.69 Å². The molecule has 0 aliphatic carbocycles. The van der Waals surface area contributed by atoms with E-state index in [4.69, 9.17) is 0 Å². The number of benzene rings is 1. The highest BCUT2D eigenvalue weighted by atomic mass is 32.2. The van der Waals surface area contributed by atoms with Gasteiger partial charge in [-0.2, -0.15) is 0 Å². The molecule has 1 aromatic carbocycles. The quantitative estimate of drug-likeness (QED) is 0.781. The Labute approximate surface area is 153 Å². The Morgan fingerprint density at radius 2 is 1.84 bits per heavy atom. The van der Waals surface area contributed by atoms with Gasteiger partial charge in [-0.1, -0.05) is 43.2 Å². The zero-order chi connectivity index (χ0) is 17.6. The molecule has 1 fully saturated rings. The van der Waals surface area contributed by atoms with Gasteiger partial charge in [0.2, 0.25) is 5.91 Å². The van der Waals surface area contributed by atoms with E-state index in [0.717, 1.165) is 36.8 Å². The molecule has 0 unspecified atom stereocenters. The second-order valence-electron chi connectivity index (χ2n) is 6.71. The molecule has 0 N–H and O–H groups in total. The summed E-state index contributed by atoms with van der Waals surface area (Å²) in [6, 6.07) is 6.33. The zero-order valence-electron chi connectivity index (χ0n) is 15.1. The Morgan fingerprint density at radius 1 is 1.12 bits per heavy atom. The number of amides is 1. The van der Waals surface area contributed by atoms with Crippen molar-refractivity contribution in [1.82, 2.24) is 19.7 Å². The Morgan fingerprint density at radius 3 is 2.60 bits per heavy atom. The van der Waals surface area contributed by atoms with E-state index in [2.05, 4.69) is 42.2 Å². The van der Waals surface area contributed by atoms with E-state index in [1.165, 1.54) is 42.2 Å². The summed E-state index contributed by atoms with van der Waals surface area (Å²) in [7, 11) is 0. The third kappa shape index (κ3) is 4.63. The van der Waals surface area contributed by atoms with Gasteiger partial charge in [0.25, 0.3) is 0 Å². The fourth-order valence-electron chi connectivity index (χ4n) is 3.18. The number of hydrogen-bond acceptors (Lipinski definition) is 4. The maximum absolute atomic E-state index is 12.6. The number of nitrogens with zero attached hydrogens (tertiary/aromatic N) is 4. The standard InChI is InChI=1S/C19H26N4OS/c1-15-8-9-16(2)17(12-15)23-14-20-21-19(23)25-13-18(24)22-10-6-4-3-5-7-11-22/h8-9,12,14H,3-7,10-11,13H2,1-2H3. The molecule has 1 saturated heterocycles. The average Bonchev–Trinajstić information content (AvgIpc) is 3.03. The molecule has 0 bridgehead atoms. The largest absolute Gasteiger partial charge is 0.342 e. The van der Waals surface area contributed by atoms with Crippen LogP contribution >= 0.6 is 11.8 Å². The molecule has 0 atom stereocenters. The van der Waals surface area contributed by atoms with Crippen LogP contribution in [0.3, 0.4) is 0 Å². The van der Waals surface area contributed by atoms with Crippen LogP contribution in [0.4, 0.5) is 0 Å². The molecule has 1 aliphatic rings. The minimum atomic E-state index is 0.211. The van der Waals surface area contributed by atoms with Gasteiger partial charge in [-0.25, -0.2) is 0 Å². The highest BCUT2D eigenvalue weighted by Crippen LogP contribution is 2.23. The van der Waals surface area contributed by atoms with Gasteiger partial charge in [0, 0.05) is 13.1 Å². The van der Waals surface area contributed by atoms with Gasteiger partial charge in [-0.15, -0.1) is 10.2 Å². The summed E-state index contributed by atoms with van der Waals surface area (Å²) in [5, 5.41) is 9.05. The van der Waals surface area contributed by atoms with E-state index >= 15 is 0 Å². The van der Waals surface area contributed by atoms with Gasteiger partial charge in [-0.05, 0) is 43.9 Å². The molecule has 6 heteroatoms. The number of rotatable bonds is 4. The number of thioether (sulfide) groups is 1. The monoisotopic (exact) mass is 358 g/mol. The molecule has 25 heavy (non-hydrogen) atoms. The number of carbonyl (C=O) groups excluding carboxylic acids is 1. The maximum Gasteiger partial charge on any atom is 0.233 e. The molecule has 2 aromatic rings. The summed E-state index contributed by atoms with van der Waals surface area (Å²) in [5.41, 5.74) is 3.44. The summed E-state index contributed by atoms with van der Waals surface area (Å²) in [6.07, 6.45) is 7.74. The lowest BCUT2D eigenvalue weighted by Crippen LogP contribution is -2.35. The van der Waals surface area contributed by atoms with E-state index in [-0.39, 0.29) is 5.91 Å². The average molecular weight is 359 g/mol. The lowest BCUT2D eigenvalue weighted by molar-refractivity contribution is -0.128. The summed E-state index contributed by atoms with van der Waals surface area (Å²) >= 11 is 1.48. The van der Waals surface area contributed by atoms with Crippen molar-refractivity contribution >= 4 is 17.7 Å². The Kier molecular flexibility index (Phi) is 6.13. The molecule has 134 valence electrons. The number of aromatic nitrogens is 3. The van der Waals surface area contributed by atoms with Crippen LogP contribution in [-0.4, -0.2) is 44.4 Å². The van der Waals surface area contributed by atoms with Crippen LogP contribution in [0.25, 0.3) is 5.69 Å². The van der Waals surface area contributed by atoms with Gasteiger partial charge in [-0.3, -0.25) is 9.36 Å². The smallest absolute Gasteiger partial charge is 0.233 e. The highest BCUT2D eigenvalue weighted by molar-refractivity contribution is 7.99. The van der Waals surface area contributed by atoms with E-state index in [0.29, 0.717) is 5.75 Å². The minimum Gasteiger partial charge on any atom is -0.342 e. The minimum absolute atomic E-state index is 0.211. The molecule has 1 amide bonds. The van der Waals surface area contributed by atoms with Crippen molar-refractivity contribution < 1.29 is 4.79 Å². The molecule has 0 radical (unpaired) electrons. The number of hydrogen-bond donors (Lipinski definition) is 0. The molecule has 0 saturated carbocycles. The van der Waals surface area contributed by atoms with Gasteiger partial charge in [0.05, 0.1) is 11.4 Å². The fraction of sp³-hybridized carbons (Fsp3) is 0.526. The van der Waals surface area contributed by atoms with Crippen LogP contribution in [0.1, 0.15) is 43.2 Å². The van der Waals surface area contributed by atoms with Crippen LogP contribution in [-0.2, 0) is 4.79 Å². The lowest BCUT2D eigenvalue weighted by Gasteiger charge is -2.24. The van der Waals surface area contributed by atoms with Gasteiger partial charge in [0.15, 0.2) is 5.16 Å². The SMILES string of the molecule is Cc1ccc(C)c(-n2cnnc2SCC(=O)N2CCCCCCC2)c1. The van der Waals surface area contributed by atoms with E-state index < -0.39 is 0 Å². The summed E-state index contributed by atoms with van der Waals surface area (Å²) in [5.74, 6) is 0.631. The van der Waals surface area contributed by atoms with Crippen LogP contribution in [0.15, 0.2) is 29.7 Å².